The van der Waals surface area contributed by atoms with Crippen LogP contribution in [0.25, 0.3) is 6.08 Å². The van der Waals surface area contributed by atoms with Gasteiger partial charge in [-0.05, 0) is 35.9 Å². The standard InChI is InChI=1S/C19H15NO3S/c1-13-7-5-6-10-15(13)11-17-18(22)20(19(23)24-17)12-16(21)14-8-3-2-4-9-14/h2-11H,12H2,1H3/b17-11+. The second kappa shape index (κ2) is 6.84. The van der Waals surface area contributed by atoms with Gasteiger partial charge < -0.3 is 0 Å². The van der Waals surface area contributed by atoms with E-state index in [-0.39, 0.29) is 12.3 Å². The van der Waals surface area contributed by atoms with E-state index in [4.69, 9.17) is 0 Å². The SMILES string of the molecule is Cc1ccccc1/C=C1/SC(=O)N(CC(=O)c2ccccc2)C1=O. The highest BCUT2D eigenvalue weighted by atomic mass is 32.2. The van der Waals surface area contributed by atoms with Crippen LogP contribution in [0.5, 0.6) is 0 Å². The molecule has 4 nitrogen and oxygen atoms in total. The minimum Gasteiger partial charge on any atom is -0.292 e. The maximum Gasteiger partial charge on any atom is 0.293 e. The predicted molar refractivity (Wildman–Crippen MR) is 94.6 cm³/mol. The molecule has 0 spiro atoms. The minimum absolute atomic E-state index is 0.236. The van der Waals surface area contributed by atoms with Gasteiger partial charge >= 0.3 is 0 Å². The van der Waals surface area contributed by atoms with Crippen LogP contribution in [0.4, 0.5) is 4.79 Å². The molecule has 1 aliphatic rings. The fraction of sp³-hybridized carbons (Fsp3) is 0.105. The highest BCUT2D eigenvalue weighted by Gasteiger charge is 2.36. The van der Waals surface area contributed by atoms with Crippen molar-refractivity contribution in [1.29, 1.82) is 0 Å². The van der Waals surface area contributed by atoms with Crippen LogP contribution in [0, 0.1) is 6.92 Å². The Morgan fingerprint density at radius 2 is 1.71 bits per heavy atom. The third-order valence-corrected chi connectivity index (χ3v) is 4.65. The van der Waals surface area contributed by atoms with Gasteiger partial charge in [-0.25, -0.2) is 0 Å². The molecule has 1 aliphatic heterocycles. The molecule has 120 valence electrons. The van der Waals surface area contributed by atoms with E-state index in [1.807, 2.05) is 37.3 Å². The van der Waals surface area contributed by atoms with Gasteiger partial charge in [0.15, 0.2) is 5.78 Å². The first-order chi connectivity index (χ1) is 11.6. The summed E-state index contributed by atoms with van der Waals surface area (Å²) in [6.07, 6.45) is 1.70. The van der Waals surface area contributed by atoms with Crippen LogP contribution < -0.4 is 0 Å². The Morgan fingerprint density at radius 1 is 1.04 bits per heavy atom. The van der Waals surface area contributed by atoms with Crippen molar-refractivity contribution < 1.29 is 14.4 Å². The van der Waals surface area contributed by atoms with Gasteiger partial charge in [-0.2, -0.15) is 0 Å². The van der Waals surface area contributed by atoms with Crippen LogP contribution in [0.15, 0.2) is 59.5 Å². The van der Waals surface area contributed by atoms with Crippen molar-refractivity contribution in [3.05, 3.63) is 76.2 Å². The van der Waals surface area contributed by atoms with Crippen LogP contribution in [0.2, 0.25) is 0 Å². The minimum atomic E-state index is -0.419. The first-order valence-corrected chi connectivity index (χ1v) is 8.27. The lowest BCUT2D eigenvalue weighted by Gasteiger charge is -2.11. The summed E-state index contributed by atoms with van der Waals surface area (Å²) in [5, 5.41) is -0.413. The molecule has 2 aromatic rings. The van der Waals surface area contributed by atoms with Crippen molar-refractivity contribution in [2.24, 2.45) is 0 Å². The van der Waals surface area contributed by atoms with Gasteiger partial charge in [-0.1, -0.05) is 54.6 Å². The van der Waals surface area contributed by atoms with E-state index in [1.54, 1.807) is 30.3 Å². The molecule has 0 aromatic heterocycles. The molecular formula is C19H15NO3S. The number of aryl methyl sites for hydroxylation is 1. The number of carbonyl (C=O) groups is 3. The molecule has 2 aromatic carbocycles. The molecular weight excluding hydrogens is 322 g/mol. The molecule has 1 fully saturated rings. The Balaban J connectivity index is 1.80. The van der Waals surface area contributed by atoms with Crippen molar-refractivity contribution in [1.82, 2.24) is 4.90 Å². The maximum absolute atomic E-state index is 12.5. The van der Waals surface area contributed by atoms with E-state index in [9.17, 15) is 14.4 Å². The van der Waals surface area contributed by atoms with Gasteiger partial charge in [0.25, 0.3) is 11.1 Å². The Labute approximate surface area is 144 Å². The zero-order valence-electron chi connectivity index (χ0n) is 13.1. The van der Waals surface area contributed by atoms with Crippen LogP contribution in [-0.4, -0.2) is 28.4 Å². The summed E-state index contributed by atoms with van der Waals surface area (Å²) in [7, 11) is 0. The molecule has 3 rings (SSSR count). The third-order valence-electron chi connectivity index (χ3n) is 3.75. The summed E-state index contributed by atoms with van der Waals surface area (Å²) in [5.74, 6) is -0.674. The van der Waals surface area contributed by atoms with Crippen LogP contribution >= 0.6 is 11.8 Å². The molecule has 0 radical (unpaired) electrons. The molecule has 1 saturated heterocycles. The van der Waals surface area contributed by atoms with E-state index in [2.05, 4.69) is 0 Å². The number of hydrogen-bond donors (Lipinski definition) is 0. The molecule has 2 amide bonds. The summed E-state index contributed by atoms with van der Waals surface area (Å²) < 4.78 is 0. The maximum atomic E-state index is 12.5. The van der Waals surface area contributed by atoms with Crippen LogP contribution in [-0.2, 0) is 4.79 Å². The molecule has 0 atom stereocenters. The molecule has 1 heterocycles. The zero-order valence-corrected chi connectivity index (χ0v) is 13.9. The molecule has 0 unspecified atom stereocenters. The van der Waals surface area contributed by atoms with E-state index < -0.39 is 11.1 Å². The zero-order chi connectivity index (χ0) is 17.1. The number of amides is 2. The number of rotatable bonds is 4. The average Bonchev–Trinajstić information content (AvgIpc) is 2.85. The van der Waals surface area contributed by atoms with Gasteiger partial charge in [0, 0.05) is 5.56 Å². The fourth-order valence-electron chi connectivity index (χ4n) is 2.39. The van der Waals surface area contributed by atoms with Crippen molar-refractivity contribution in [3.8, 4) is 0 Å². The van der Waals surface area contributed by atoms with Gasteiger partial charge in [0.2, 0.25) is 0 Å². The van der Waals surface area contributed by atoms with E-state index in [0.29, 0.717) is 10.5 Å². The normalized spacial score (nSPS) is 16.0. The van der Waals surface area contributed by atoms with Crippen molar-refractivity contribution in [2.45, 2.75) is 6.92 Å². The highest BCUT2D eigenvalue weighted by Crippen LogP contribution is 2.32. The first-order valence-electron chi connectivity index (χ1n) is 7.45. The number of benzene rings is 2. The Kier molecular flexibility index (Phi) is 4.62. The second-order valence-corrected chi connectivity index (χ2v) is 6.41. The lowest BCUT2D eigenvalue weighted by molar-refractivity contribution is -0.122. The van der Waals surface area contributed by atoms with E-state index in [1.165, 1.54) is 0 Å². The van der Waals surface area contributed by atoms with E-state index in [0.717, 1.165) is 27.8 Å². The smallest absolute Gasteiger partial charge is 0.292 e. The summed E-state index contributed by atoms with van der Waals surface area (Å²) >= 11 is 0.869. The number of Topliss-reactive ketones (excluding diaryl/α,β-unsaturated/α-hetero) is 1. The van der Waals surface area contributed by atoms with Crippen LogP contribution in [0.1, 0.15) is 21.5 Å². The number of imide groups is 1. The first kappa shape index (κ1) is 16.2. The number of ketones is 1. The van der Waals surface area contributed by atoms with Crippen LogP contribution in [0.3, 0.4) is 0 Å². The lowest BCUT2D eigenvalue weighted by Crippen LogP contribution is -2.33. The van der Waals surface area contributed by atoms with Crippen molar-refractivity contribution in [3.63, 3.8) is 0 Å². The van der Waals surface area contributed by atoms with Gasteiger partial charge in [-0.15, -0.1) is 0 Å². The fourth-order valence-corrected chi connectivity index (χ4v) is 3.21. The molecule has 0 bridgehead atoms. The van der Waals surface area contributed by atoms with Gasteiger partial charge in [0.05, 0.1) is 11.4 Å². The molecule has 24 heavy (non-hydrogen) atoms. The quantitative estimate of drug-likeness (QED) is 0.627. The highest BCUT2D eigenvalue weighted by molar-refractivity contribution is 8.18. The summed E-state index contributed by atoms with van der Waals surface area (Å²) in [4.78, 5) is 38.2. The molecule has 0 aliphatic carbocycles. The molecule has 5 heteroatoms. The van der Waals surface area contributed by atoms with Gasteiger partial charge in [-0.3, -0.25) is 19.3 Å². The average molecular weight is 337 g/mol. The Hall–Kier alpha value is -2.66. The summed E-state index contributed by atoms with van der Waals surface area (Å²) in [6.45, 7) is 1.70. The number of carbonyl (C=O) groups excluding carboxylic acids is 3. The predicted octanol–water partition coefficient (Wildman–Crippen LogP) is 3.91. The largest absolute Gasteiger partial charge is 0.293 e. The summed E-state index contributed by atoms with van der Waals surface area (Å²) in [5.41, 5.74) is 2.39. The Bertz CT molecular complexity index is 843. The number of thioether (sulfide) groups is 1. The lowest BCUT2D eigenvalue weighted by atomic mass is 10.1. The third kappa shape index (κ3) is 3.31. The second-order valence-electron chi connectivity index (χ2n) is 5.41. The molecule has 0 saturated carbocycles. The number of nitrogens with zero attached hydrogens (tertiary/aromatic N) is 1. The van der Waals surface area contributed by atoms with Crippen molar-refractivity contribution in [2.75, 3.05) is 6.54 Å². The topological polar surface area (TPSA) is 54.5 Å². The van der Waals surface area contributed by atoms with Crippen molar-refractivity contribution >= 4 is 34.8 Å². The summed E-state index contributed by atoms with van der Waals surface area (Å²) in [6, 6.07) is 16.3. The monoisotopic (exact) mass is 337 g/mol. The Morgan fingerprint density at radius 3 is 2.42 bits per heavy atom. The number of hydrogen-bond acceptors (Lipinski definition) is 4. The van der Waals surface area contributed by atoms with Gasteiger partial charge in [0.1, 0.15) is 0 Å². The molecule has 0 N–H and O–H groups in total. The van der Waals surface area contributed by atoms with E-state index >= 15 is 0 Å².